The molecular formula is C22H19FN6O2. The molecule has 2 aromatic carbocycles. The molecule has 1 amide bonds. The van der Waals surface area contributed by atoms with Gasteiger partial charge in [0.2, 0.25) is 0 Å². The highest BCUT2D eigenvalue weighted by molar-refractivity contribution is 5.98. The molecule has 9 heteroatoms. The van der Waals surface area contributed by atoms with Crippen molar-refractivity contribution in [3.05, 3.63) is 78.1 Å². The lowest BCUT2D eigenvalue weighted by Crippen LogP contribution is -2.33. The average Bonchev–Trinajstić information content (AvgIpc) is 3.51. The van der Waals surface area contributed by atoms with Gasteiger partial charge in [-0.1, -0.05) is 18.2 Å². The topological polar surface area (TPSA) is 88.9 Å². The second-order valence-corrected chi connectivity index (χ2v) is 7.36. The smallest absolute Gasteiger partial charge is 0.260 e. The lowest BCUT2D eigenvalue weighted by Gasteiger charge is -2.24. The van der Waals surface area contributed by atoms with Gasteiger partial charge in [0.25, 0.3) is 5.91 Å². The highest BCUT2D eigenvalue weighted by atomic mass is 19.1. The van der Waals surface area contributed by atoms with E-state index >= 15 is 0 Å². The molecule has 156 valence electrons. The molecule has 31 heavy (non-hydrogen) atoms. The number of nitrogens with one attached hydrogen (secondary N) is 1. The summed E-state index contributed by atoms with van der Waals surface area (Å²) in [5.74, 6) is 0.219. The molecule has 8 nitrogen and oxygen atoms in total. The summed E-state index contributed by atoms with van der Waals surface area (Å²) >= 11 is 0. The molecule has 0 bridgehead atoms. The normalized spacial score (nSPS) is 16.3. The number of aromatic amines is 1. The van der Waals surface area contributed by atoms with Gasteiger partial charge in [-0.05, 0) is 30.7 Å². The van der Waals surface area contributed by atoms with Gasteiger partial charge in [0, 0.05) is 12.6 Å². The van der Waals surface area contributed by atoms with Crippen molar-refractivity contribution in [1.82, 2.24) is 29.9 Å². The first-order valence-electron chi connectivity index (χ1n) is 9.71. The molecular weight excluding hydrogens is 399 g/mol. The maximum atomic E-state index is 14.8. The number of H-pyrrole nitrogens is 1. The Morgan fingerprint density at radius 3 is 2.84 bits per heavy atom. The lowest BCUT2D eigenvalue weighted by atomic mass is 10.1. The van der Waals surface area contributed by atoms with Gasteiger partial charge in [-0.3, -0.25) is 4.79 Å². The van der Waals surface area contributed by atoms with Crippen LogP contribution in [0.15, 0.2) is 60.9 Å². The second-order valence-electron chi connectivity index (χ2n) is 7.36. The number of methoxy groups -OCH3 is 1. The Morgan fingerprint density at radius 1 is 1.26 bits per heavy atom. The molecule has 1 N–H and O–H groups in total. The first-order chi connectivity index (χ1) is 15.0. The van der Waals surface area contributed by atoms with Crippen LogP contribution in [0.2, 0.25) is 0 Å². The number of halogens is 1. The summed E-state index contributed by atoms with van der Waals surface area (Å²) in [7, 11) is 1.60. The Hall–Kier alpha value is -4.01. The van der Waals surface area contributed by atoms with Crippen LogP contribution in [0.4, 0.5) is 4.39 Å². The largest absolute Gasteiger partial charge is 0.497 e. The summed E-state index contributed by atoms with van der Waals surface area (Å²) < 4.78 is 20.1. The summed E-state index contributed by atoms with van der Waals surface area (Å²) in [6.07, 6.45) is 3.48. The molecule has 0 saturated carbocycles. The van der Waals surface area contributed by atoms with Gasteiger partial charge in [-0.2, -0.15) is 15.0 Å². The Balaban J connectivity index is 1.56. The molecule has 0 spiro atoms. The summed E-state index contributed by atoms with van der Waals surface area (Å²) in [5, 5.41) is 8.11. The van der Waals surface area contributed by atoms with Gasteiger partial charge in [-0.15, -0.1) is 0 Å². The molecule has 2 aromatic heterocycles. The first-order valence-corrected chi connectivity index (χ1v) is 9.71. The number of hydrogen-bond donors (Lipinski definition) is 1. The third kappa shape index (κ3) is 3.24. The van der Waals surface area contributed by atoms with Crippen LogP contribution >= 0.6 is 0 Å². The molecule has 1 unspecified atom stereocenters. The number of hydrogen-bond acceptors (Lipinski definition) is 5. The number of carbonyl (C=O) groups is 1. The lowest BCUT2D eigenvalue weighted by molar-refractivity contribution is 0.0728. The van der Waals surface area contributed by atoms with Crippen LogP contribution in [0, 0.1) is 5.82 Å². The van der Waals surface area contributed by atoms with E-state index in [1.165, 1.54) is 29.3 Å². The SMILES string of the molecule is C=C1CC(c2nc3ccc(OC)cc3[nH]2)N(C(=O)c2c(F)cccc2-n2nccn2)C1. The van der Waals surface area contributed by atoms with E-state index in [-0.39, 0.29) is 11.3 Å². The molecule has 0 aliphatic carbocycles. The molecule has 5 rings (SSSR count). The van der Waals surface area contributed by atoms with E-state index in [0.717, 1.165) is 16.6 Å². The van der Waals surface area contributed by atoms with Crippen molar-refractivity contribution in [3.8, 4) is 11.4 Å². The molecule has 3 heterocycles. The third-order valence-corrected chi connectivity index (χ3v) is 5.38. The number of likely N-dealkylation sites (tertiary alicyclic amines) is 1. The van der Waals surface area contributed by atoms with Gasteiger partial charge in [0.1, 0.15) is 28.6 Å². The average molecular weight is 418 g/mol. The molecule has 1 aliphatic heterocycles. The number of carbonyl (C=O) groups excluding carboxylic acids is 1. The number of imidazole rings is 1. The molecule has 4 aromatic rings. The fourth-order valence-electron chi connectivity index (χ4n) is 3.93. The number of ether oxygens (including phenoxy) is 1. The fourth-order valence-corrected chi connectivity index (χ4v) is 3.93. The van der Waals surface area contributed by atoms with E-state index in [1.54, 1.807) is 18.1 Å². The summed E-state index contributed by atoms with van der Waals surface area (Å²) in [5.41, 5.74) is 2.61. The third-order valence-electron chi connectivity index (χ3n) is 5.38. The zero-order valence-corrected chi connectivity index (χ0v) is 16.7. The maximum absolute atomic E-state index is 14.8. The minimum atomic E-state index is -0.634. The van der Waals surface area contributed by atoms with Gasteiger partial charge >= 0.3 is 0 Å². The van der Waals surface area contributed by atoms with E-state index in [1.807, 2.05) is 18.2 Å². The quantitative estimate of drug-likeness (QED) is 0.513. The van der Waals surface area contributed by atoms with Crippen molar-refractivity contribution in [2.24, 2.45) is 0 Å². The number of amides is 1. The minimum absolute atomic E-state index is 0.0869. The van der Waals surface area contributed by atoms with Crippen LogP contribution < -0.4 is 4.74 Å². The number of aromatic nitrogens is 5. The van der Waals surface area contributed by atoms with E-state index in [0.29, 0.717) is 24.5 Å². The highest BCUT2D eigenvalue weighted by Crippen LogP contribution is 2.36. The maximum Gasteiger partial charge on any atom is 0.260 e. The van der Waals surface area contributed by atoms with Crippen molar-refractivity contribution in [2.75, 3.05) is 13.7 Å². The highest BCUT2D eigenvalue weighted by Gasteiger charge is 2.37. The van der Waals surface area contributed by atoms with E-state index in [9.17, 15) is 9.18 Å². The van der Waals surface area contributed by atoms with Crippen LogP contribution in [0.3, 0.4) is 0 Å². The van der Waals surface area contributed by atoms with Gasteiger partial charge < -0.3 is 14.6 Å². The van der Waals surface area contributed by atoms with E-state index in [4.69, 9.17) is 4.74 Å². The van der Waals surface area contributed by atoms with Gasteiger partial charge in [0.05, 0.1) is 36.6 Å². The monoisotopic (exact) mass is 418 g/mol. The van der Waals surface area contributed by atoms with E-state index in [2.05, 4.69) is 26.7 Å². The molecule has 1 saturated heterocycles. The summed E-state index contributed by atoms with van der Waals surface area (Å²) in [6, 6.07) is 9.53. The predicted molar refractivity (Wildman–Crippen MR) is 111 cm³/mol. The van der Waals surface area contributed by atoms with Crippen LogP contribution in [0.1, 0.15) is 28.6 Å². The zero-order valence-electron chi connectivity index (χ0n) is 16.7. The molecule has 1 atom stereocenters. The first kappa shape index (κ1) is 19.0. The van der Waals surface area contributed by atoms with Crippen LogP contribution in [0.25, 0.3) is 16.7 Å². The number of rotatable bonds is 4. The number of nitrogens with zero attached hydrogens (tertiary/aromatic N) is 5. The minimum Gasteiger partial charge on any atom is -0.497 e. The van der Waals surface area contributed by atoms with Gasteiger partial charge in [-0.25, -0.2) is 9.37 Å². The van der Waals surface area contributed by atoms with Crippen LogP contribution in [-0.2, 0) is 0 Å². The van der Waals surface area contributed by atoms with Crippen molar-refractivity contribution >= 4 is 16.9 Å². The fraction of sp³-hybridized carbons (Fsp3) is 0.182. The molecule has 1 fully saturated rings. The Labute approximate surface area is 177 Å². The molecule has 1 aliphatic rings. The van der Waals surface area contributed by atoms with Gasteiger partial charge in [0.15, 0.2) is 0 Å². The van der Waals surface area contributed by atoms with Crippen LogP contribution in [-0.4, -0.2) is 49.4 Å². The van der Waals surface area contributed by atoms with Crippen molar-refractivity contribution < 1.29 is 13.9 Å². The summed E-state index contributed by atoms with van der Waals surface area (Å²) in [6.45, 7) is 4.36. The Morgan fingerprint density at radius 2 is 2.06 bits per heavy atom. The Kier molecular flexibility index (Phi) is 4.50. The number of fused-ring (bicyclic) bond motifs is 1. The van der Waals surface area contributed by atoms with Crippen molar-refractivity contribution in [3.63, 3.8) is 0 Å². The summed E-state index contributed by atoms with van der Waals surface area (Å²) in [4.78, 5) is 24.3. The predicted octanol–water partition coefficient (Wildman–Crippen LogP) is 3.43. The van der Waals surface area contributed by atoms with Crippen molar-refractivity contribution in [1.29, 1.82) is 0 Å². The standard InChI is InChI=1S/C22H19FN6O2/c1-13-10-19(21-26-16-7-6-14(31-2)11-17(16)27-21)28(12-13)22(30)20-15(23)4-3-5-18(20)29-24-8-9-25-29/h3-9,11,19H,1,10,12H2,2H3,(H,26,27). The Bertz CT molecular complexity index is 1300. The van der Waals surface area contributed by atoms with E-state index < -0.39 is 17.8 Å². The van der Waals surface area contributed by atoms with Crippen LogP contribution in [0.5, 0.6) is 5.75 Å². The second kappa shape index (κ2) is 7.35. The zero-order chi connectivity index (χ0) is 21.5. The molecule has 0 radical (unpaired) electrons. The van der Waals surface area contributed by atoms with Crippen molar-refractivity contribution in [2.45, 2.75) is 12.5 Å². The number of benzene rings is 2.